The summed E-state index contributed by atoms with van der Waals surface area (Å²) < 4.78 is 1.71. The van der Waals surface area contributed by atoms with Crippen molar-refractivity contribution in [3.8, 4) is 5.75 Å². The first-order valence-corrected chi connectivity index (χ1v) is 4.95. The minimum absolute atomic E-state index is 0.279. The molecule has 1 aromatic heterocycles. The van der Waals surface area contributed by atoms with Crippen molar-refractivity contribution >= 4 is 42.4 Å². The molecule has 2 aromatic rings. The molecule has 2 rings (SSSR count). The number of phenolic OH excluding ortho intramolecular Hbond substituents is 1. The average Bonchev–Trinajstić information content (AvgIpc) is 2.29. The number of anilines is 1. The Balaban J connectivity index is 2.88. The van der Waals surface area contributed by atoms with Crippen molar-refractivity contribution in [1.82, 2.24) is 0 Å². The van der Waals surface area contributed by atoms with Crippen LogP contribution in [0.25, 0.3) is 10.1 Å². The van der Waals surface area contributed by atoms with Crippen molar-refractivity contribution in [2.75, 3.05) is 5.73 Å². The molecule has 0 unspecified atom stereocenters. The second-order valence-electron chi connectivity index (χ2n) is 2.49. The minimum Gasteiger partial charge on any atom is -0.506 e. The number of benzene rings is 1. The number of fused-ring (bicyclic) bond motifs is 1. The van der Waals surface area contributed by atoms with Crippen LogP contribution in [0.4, 0.5) is 5.00 Å². The van der Waals surface area contributed by atoms with E-state index in [1.807, 2.05) is 12.1 Å². The van der Waals surface area contributed by atoms with E-state index in [9.17, 15) is 5.11 Å². The molecule has 0 aliphatic carbocycles. The van der Waals surface area contributed by atoms with E-state index in [4.69, 9.17) is 5.73 Å². The molecular formula is C8H6BrNOS. The third-order valence-corrected chi connectivity index (χ3v) is 3.04. The van der Waals surface area contributed by atoms with E-state index in [2.05, 4.69) is 15.9 Å². The van der Waals surface area contributed by atoms with Gasteiger partial charge in [-0.3, -0.25) is 0 Å². The molecule has 0 aliphatic rings. The van der Waals surface area contributed by atoms with Gasteiger partial charge in [-0.1, -0.05) is 15.9 Å². The van der Waals surface area contributed by atoms with Crippen molar-refractivity contribution in [1.29, 1.82) is 0 Å². The summed E-state index contributed by atoms with van der Waals surface area (Å²) in [5.74, 6) is 0.279. The Bertz CT molecular complexity index is 438. The summed E-state index contributed by atoms with van der Waals surface area (Å²) in [5, 5.41) is 11.2. The topological polar surface area (TPSA) is 46.2 Å². The van der Waals surface area contributed by atoms with E-state index >= 15 is 0 Å². The fraction of sp³-hybridized carbons (Fsp3) is 0. The van der Waals surface area contributed by atoms with Gasteiger partial charge < -0.3 is 10.8 Å². The molecule has 0 spiro atoms. The third kappa shape index (κ3) is 1.17. The lowest BCUT2D eigenvalue weighted by atomic mass is 10.2. The maximum atomic E-state index is 9.49. The minimum atomic E-state index is 0.279. The van der Waals surface area contributed by atoms with Crippen LogP contribution in [-0.4, -0.2) is 5.11 Å². The highest BCUT2D eigenvalue weighted by molar-refractivity contribution is 9.10. The Hall–Kier alpha value is -0.740. The number of hydrogen-bond acceptors (Lipinski definition) is 3. The lowest BCUT2D eigenvalue weighted by Crippen LogP contribution is -1.72. The maximum Gasteiger partial charge on any atom is 0.134 e. The number of thiophene rings is 1. The summed E-state index contributed by atoms with van der Waals surface area (Å²) >= 11 is 4.69. The summed E-state index contributed by atoms with van der Waals surface area (Å²) in [6.07, 6.45) is 0. The van der Waals surface area contributed by atoms with Gasteiger partial charge in [0.05, 0.1) is 9.70 Å². The molecule has 2 nitrogen and oxygen atoms in total. The molecule has 0 amide bonds. The predicted molar refractivity (Wildman–Crippen MR) is 55.6 cm³/mol. The second-order valence-corrected chi connectivity index (χ2v) is 4.49. The molecule has 4 heteroatoms. The van der Waals surface area contributed by atoms with Crippen LogP contribution in [0.1, 0.15) is 0 Å². The molecule has 62 valence electrons. The molecule has 1 aromatic carbocycles. The molecule has 3 N–H and O–H groups in total. The predicted octanol–water partition coefficient (Wildman–Crippen LogP) is 2.95. The Labute approximate surface area is 81.8 Å². The molecule has 0 fully saturated rings. The Kier molecular flexibility index (Phi) is 1.73. The molecule has 1 heterocycles. The third-order valence-electron chi connectivity index (χ3n) is 1.58. The fourth-order valence-electron chi connectivity index (χ4n) is 1.12. The van der Waals surface area contributed by atoms with Crippen LogP contribution in [0.2, 0.25) is 0 Å². The second kappa shape index (κ2) is 2.64. The van der Waals surface area contributed by atoms with E-state index in [-0.39, 0.29) is 5.75 Å². The first kappa shape index (κ1) is 7.89. The zero-order valence-electron chi connectivity index (χ0n) is 6.04. The van der Waals surface area contributed by atoms with Gasteiger partial charge in [-0.2, -0.15) is 0 Å². The van der Waals surface area contributed by atoms with Gasteiger partial charge >= 0.3 is 0 Å². The van der Waals surface area contributed by atoms with E-state index in [0.29, 0.717) is 0 Å². The van der Waals surface area contributed by atoms with Crippen LogP contribution < -0.4 is 5.73 Å². The van der Waals surface area contributed by atoms with Crippen molar-refractivity contribution in [3.05, 3.63) is 22.7 Å². The molecule has 12 heavy (non-hydrogen) atoms. The summed E-state index contributed by atoms with van der Waals surface area (Å²) in [5.41, 5.74) is 5.60. The number of rotatable bonds is 0. The molecule has 0 saturated heterocycles. The highest BCUT2D eigenvalue weighted by Gasteiger charge is 2.04. The van der Waals surface area contributed by atoms with Gasteiger partial charge in [-0.15, -0.1) is 11.3 Å². The van der Waals surface area contributed by atoms with Crippen molar-refractivity contribution in [2.24, 2.45) is 0 Å². The van der Waals surface area contributed by atoms with Crippen LogP contribution in [0.3, 0.4) is 0 Å². The number of nitrogens with two attached hydrogens (primary N) is 1. The number of phenols is 1. The van der Waals surface area contributed by atoms with E-state index in [1.165, 1.54) is 11.3 Å². The molecule has 0 bridgehead atoms. The van der Waals surface area contributed by atoms with Crippen LogP contribution in [0.5, 0.6) is 5.75 Å². The Morgan fingerprint density at radius 1 is 1.33 bits per heavy atom. The van der Waals surface area contributed by atoms with Gasteiger partial charge in [0.15, 0.2) is 0 Å². The largest absolute Gasteiger partial charge is 0.506 e. The summed E-state index contributed by atoms with van der Waals surface area (Å²) in [6, 6.07) is 5.45. The molecule has 0 radical (unpaired) electrons. The molecule has 0 aliphatic heterocycles. The van der Waals surface area contributed by atoms with Gasteiger partial charge in [0.1, 0.15) is 5.75 Å². The molecule has 0 saturated carbocycles. The van der Waals surface area contributed by atoms with E-state index in [0.717, 1.165) is 19.6 Å². The summed E-state index contributed by atoms with van der Waals surface area (Å²) in [7, 11) is 0. The lowest BCUT2D eigenvalue weighted by molar-refractivity contribution is 0.482. The maximum absolute atomic E-state index is 9.49. The lowest BCUT2D eigenvalue weighted by Gasteiger charge is -1.94. The first-order valence-electron chi connectivity index (χ1n) is 3.34. The van der Waals surface area contributed by atoms with Crippen LogP contribution >= 0.6 is 27.3 Å². The Morgan fingerprint density at radius 2 is 2.08 bits per heavy atom. The van der Waals surface area contributed by atoms with Crippen molar-refractivity contribution in [2.45, 2.75) is 0 Å². The number of nitrogen functional groups attached to an aromatic ring is 1. The van der Waals surface area contributed by atoms with Gasteiger partial charge in [0, 0.05) is 4.47 Å². The summed E-state index contributed by atoms with van der Waals surface area (Å²) in [6.45, 7) is 0. The monoisotopic (exact) mass is 243 g/mol. The van der Waals surface area contributed by atoms with Crippen LogP contribution in [0.15, 0.2) is 22.7 Å². The highest BCUT2D eigenvalue weighted by Crippen LogP contribution is 2.36. The standard InChI is InChI=1S/C8H6BrNOS/c9-5-1-4-2-7(10)12-8(4)6(11)3-5/h1-3,11H,10H2. The van der Waals surface area contributed by atoms with Crippen molar-refractivity contribution in [3.63, 3.8) is 0 Å². The number of aromatic hydroxyl groups is 1. The smallest absolute Gasteiger partial charge is 0.134 e. The molecule has 0 atom stereocenters. The summed E-state index contributed by atoms with van der Waals surface area (Å²) in [4.78, 5) is 0. The van der Waals surface area contributed by atoms with Gasteiger partial charge in [-0.05, 0) is 23.6 Å². The van der Waals surface area contributed by atoms with Gasteiger partial charge in [-0.25, -0.2) is 0 Å². The normalized spacial score (nSPS) is 10.8. The van der Waals surface area contributed by atoms with E-state index in [1.54, 1.807) is 6.07 Å². The Morgan fingerprint density at radius 3 is 2.83 bits per heavy atom. The zero-order chi connectivity index (χ0) is 8.72. The van der Waals surface area contributed by atoms with Crippen molar-refractivity contribution < 1.29 is 5.11 Å². The zero-order valence-corrected chi connectivity index (χ0v) is 8.45. The number of hydrogen-bond donors (Lipinski definition) is 2. The highest BCUT2D eigenvalue weighted by atomic mass is 79.9. The molecular weight excluding hydrogens is 238 g/mol. The SMILES string of the molecule is Nc1cc2cc(Br)cc(O)c2s1. The van der Waals surface area contributed by atoms with Crippen LogP contribution in [0, 0.1) is 0 Å². The number of halogens is 1. The van der Waals surface area contributed by atoms with E-state index < -0.39 is 0 Å². The van der Waals surface area contributed by atoms with Crippen LogP contribution in [-0.2, 0) is 0 Å². The average molecular weight is 244 g/mol. The first-order chi connectivity index (χ1) is 5.66. The van der Waals surface area contributed by atoms with Gasteiger partial charge in [0.25, 0.3) is 0 Å². The van der Waals surface area contributed by atoms with Gasteiger partial charge in [0.2, 0.25) is 0 Å². The quantitative estimate of drug-likeness (QED) is 0.748. The fourth-order valence-corrected chi connectivity index (χ4v) is 2.40.